The zero-order chi connectivity index (χ0) is 26.5. The number of halogens is 1. The van der Waals surface area contributed by atoms with Gasteiger partial charge in [0.2, 0.25) is 0 Å². The van der Waals surface area contributed by atoms with Crippen LogP contribution in [0.15, 0.2) is 94.3 Å². The fourth-order valence-corrected chi connectivity index (χ4v) is 5.18. The van der Waals surface area contributed by atoms with E-state index in [0.717, 1.165) is 43.9 Å². The summed E-state index contributed by atoms with van der Waals surface area (Å²) in [4.78, 5) is 27.2. The SMILES string of the molecule is COc1ccc(/C=C2\SC(=O)N(CCOc3cccc4ccccc34)C2=O)cc1OCc1ccc(Br)cc1. The molecule has 1 aliphatic heterocycles. The largest absolute Gasteiger partial charge is 0.493 e. The molecule has 1 heterocycles. The van der Waals surface area contributed by atoms with E-state index in [0.29, 0.717) is 23.0 Å². The van der Waals surface area contributed by atoms with Crippen LogP contribution in [0.3, 0.4) is 0 Å². The minimum absolute atomic E-state index is 0.162. The van der Waals surface area contributed by atoms with Crippen molar-refractivity contribution in [3.8, 4) is 17.2 Å². The second-order valence-corrected chi connectivity index (χ2v) is 10.4. The fourth-order valence-electron chi connectivity index (χ4n) is 4.05. The summed E-state index contributed by atoms with van der Waals surface area (Å²) in [7, 11) is 1.58. The minimum Gasteiger partial charge on any atom is -0.493 e. The molecule has 5 rings (SSSR count). The predicted octanol–water partition coefficient (Wildman–Crippen LogP) is 7.31. The van der Waals surface area contributed by atoms with E-state index in [9.17, 15) is 9.59 Å². The van der Waals surface area contributed by atoms with Crippen molar-refractivity contribution in [2.24, 2.45) is 0 Å². The smallest absolute Gasteiger partial charge is 0.293 e. The van der Waals surface area contributed by atoms with Crippen LogP contribution in [0.25, 0.3) is 16.8 Å². The Balaban J connectivity index is 1.25. The lowest BCUT2D eigenvalue weighted by Gasteiger charge is -2.14. The highest BCUT2D eigenvalue weighted by Crippen LogP contribution is 2.35. The van der Waals surface area contributed by atoms with Gasteiger partial charge in [0.05, 0.1) is 18.6 Å². The van der Waals surface area contributed by atoms with Crippen LogP contribution >= 0.6 is 27.7 Å². The van der Waals surface area contributed by atoms with Crippen LogP contribution in [-0.4, -0.2) is 36.3 Å². The molecule has 4 aromatic rings. The van der Waals surface area contributed by atoms with Crippen molar-refractivity contribution in [3.05, 3.63) is 105 Å². The summed E-state index contributed by atoms with van der Waals surface area (Å²) in [6.07, 6.45) is 1.70. The molecule has 0 spiro atoms. The summed E-state index contributed by atoms with van der Waals surface area (Å²) < 4.78 is 18.4. The number of carbonyl (C=O) groups excluding carboxylic acids is 2. The molecule has 1 aliphatic rings. The van der Waals surface area contributed by atoms with Crippen LogP contribution in [0.1, 0.15) is 11.1 Å². The van der Waals surface area contributed by atoms with E-state index in [2.05, 4.69) is 15.9 Å². The van der Waals surface area contributed by atoms with Gasteiger partial charge in [0.25, 0.3) is 11.1 Å². The number of benzene rings is 4. The fraction of sp³-hybridized carbons (Fsp3) is 0.133. The van der Waals surface area contributed by atoms with Crippen LogP contribution < -0.4 is 14.2 Å². The normalized spacial score (nSPS) is 14.4. The topological polar surface area (TPSA) is 65.1 Å². The Kier molecular flexibility index (Phi) is 8.00. The number of rotatable bonds is 9. The van der Waals surface area contributed by atoms with Gasteiger partial charge >= 0.3 is 0 Å². The second kappa shape index (κ2) is 11.8. The van der Waals surface area contributed by atoms with Crippen molar-refractivity contribution in [1.29, 1.82) is 0 Å². The molecule has 0 aliphatic carbocycles. The van der Waals surface area contributed by atoms with Gasteiger partial charge in [-0.2, -0.15) is 0 Å². The number of carbonyl (C=O) groups is 2. The Labute approximate surface area is 233 Å². The quantitative estimate of drug-likeness (QED) is 0.191. The van der Waals surface area contributed by atoms with E-state index >= 15 is 0 Å². The third kappa shape index (κ3) is 5.87. The van der Waals surface area contributed by atoms with Crippen molar-refractivity contribution in [2.45, 2.75) is 6.61 Å². The third-order valence-corrected chi connectivity index (χ3v) is 7.42. The number of methoxy groups -OCH3 is 1. The second-order valence-electron chi connectivity index (χ2n) is 8.48. The van der Waals surface area contributed by atoms with Gasteiger partial charge in [-0.25, -0.2) is 0 Å². The van der Waals surface area contributed by atoms with Gasteiger partial charge in [0.1, 0.15) is 19.0 Å². The van der Waals surface area contributed by atoms with E-state index < -0.39 is 0 Å². The van der Waals surface area contributed by atoms with Gasteiger partial charge in [-0.15, -0.1) is 0 Å². The molecule has 0 saturated carbocycles. The van der Waals surface area contributed by atoms with E-state index in [-0.39, 0.29) is 24.3 Å². The Morgan fingerprint density at radius 2 is 1.66 bits per heavy atom. The average Bonchev–Trinajstić information content (AvgIpc) is 3.20. The number of hydrogen-bond donors (Lipinski definition) is 0. The standard InChI is InChI=1S/C30H24BrNO5S/c1-35-26-14-11-21(17-27(26)37-19-20-9-12-23(31)13-10-20)18-28-29(33)32(30(34)38-28)15-16-36-25-8-4-6-22-5-2-3-7-24(22)25/h2-14,17-18H,15-16,19H2,1H3/b28-18-. The molecule has 0 radical (unpaired) electrons. The molecule has 0 unspecified atom stereocenters. The average molecular weight is 590 g/mol. The lowest BCUT2D eigenvalue weighted by Crippen LogP contribution is -2.32. The van der Waals surface area contributed by atoms with Crippen LogP contribution in [0.2, 0.25) is 0 Å². The summed E-state index contributed by atoms with van der Waals surface area (Å²) in [6, 6.07) is 27.0. The monoisotopic (exact) mass is 589 g/mol. The number of ether oxygens (including phenoxy) is 3. The minimum atomic E-state index is -0.338. The highest BCUT2D eigenvalue weighted by molar-refractivity contribution is 9.10. The zero-order valence-corrected chi connectivity index (χ0v) is 23.0. The summed E-state index contributed by atoms with van der Waals surface area (Å²) in [6.45, 7) is 0.728. The Morgan fingerprint density at radius 3 is 2.47 bits per heavy atom. The molecule has 8 heteroatoms. The lowest BCUT2D eigenvalue weighted by atomic mass is 10.1. The number of thioether (sulfide) groups is 1. The Morgan fingerprint density at radius 1 is 0.868 bits per heavy atom. The van der Waals surface area contributed by atoms with Crippen molar-refractivity contribution in [2.75, 3.05) is 20.3 Å². The molecule has 0 bridgehead atoms. The van der Waals surface area contributed by atoms with Crippen molar-refractivity contribution in [1.82, 2.24) is 4.90 Å². The first kappa shape index (κ1) is 25.9. The van der Waals surface area contributed by atoms with Crippen molar-refractivity contribution >= 4 is 55.7 Å². The van der Waals surface area contributed by atoms with E-state index in [4.69, 9.17) is 14.2 Å². The first-order valence-corrected chi connectivity index (χ1v) is 13.5. The highest BCUT2D eigenvalue weighted by atomic mass is 79.9. The molecule has 1 fully saturated rings. The maximum absolute atomic E-state index is 13.0. The molecule has 4 aromatic carbocycles. The van der Waals surface area contributed by atoms with E-state index in [1.54, 1.807) is 25.3 Å². The number of imide groups is 1. The van der Waals surface area contributed by atoms with Crippen molar-refractivity contribution in [3.63, 3.8) is 0 Å². The molecule has 1 saturated heterocycles. The number of nitrogens with zero attached hydrogens (tertiary/aromatic N) is 1. The van der Waals surface area contributed by atoms with Crippen LogP contribution in [0.4, 0.5) is 4.79 Å². The number of hydrogen-bond acceptors (Lipinski definition) is 6. The molecule has 38 heavy (non-hydrogen) atoms. The van der Waals surface area contributed by atoms with E-state index in [1.807, 2.05) is 72.8 Å². The van der Waals surface area contributed by atoms with Gasteiger partial charge in [-0.3, -0.25) is 14.5 Å². The molecule has 6 nitrogen and oxygen atoms in total. The van der Waals surface area contributed by atoms with Gasteiger partial charge in [0.15, 0.2) is 11.5 Å². The van der Waals surface area contributed by atoms with Crippen LogP contribution in [0.5, 0.6) is 17.2 Å². The molecular formula is C30H24BrNO5S. The maximum Gasteiger partial charge on any atom is 0.293 e. The number of fused-ring (bicyclic) bond motifs is 1. The number of amides is 2. The Bertz CT molecular complexity index is 1510. The highest BCUT2D eigenvalue weighted by Gasteiger charge is 2.34. The molecule has 0 aromatic heterocycles. The van der Waals surface area contributed by atoms with Gasteiger partial charge in [-0.1, -0.05) is 70.5 Å². The molecule has 0 N–H and O–H groups in total. The molecule has 2 amide bonds. The zero-order valence-electron chi connectivity index (χ0n) is 20.6. The predicted molar refractivity (Wildman–Crippen MR) is 154 cm³/mol. The first-order chi connectivity index (χ1) is 18.5. The van der Waals surface area contributed by atoms with Gasteiger partial charge in [0, 0.05) is 9.86 Å². The van der Waals surface area contributed by atoms with Gasteiger partial charge in [-0.05, 0) is 64.7 Å². The maximum atomic E-state index is 13.0. The summed E-state index contributed by atoms with van der Waals surface area (Å²) in [5.74, 6) is 1.51. The van der Waals surface area contributed by atoms with Crippen molar-refractivity contribution < 1.29 is 23.8 Å². The third-order valence-electron chi connectivity index (χ3n) is 5.99. The summed E-state index contributed by atoms with van der Waals surface area (Å²) in [5.41, 5.74) is 1.74. The van der Waals surface area contributed by atoms with Crippen LogP contribution in [0, 0.1) is 0 Å². The summed E-state index contributed by atoms with van der Waals surface area (Å²) >= 11 is 4.35. The molecular weight excluding hydrogens is 566 g/mol. The Hall–Kier alpha value is -3.75. The van der Waals surface area contributed by atoms with E-state index in [1.165, 1.54) is 4.90 Å². The van der Waals surface area contributed by atoms with Gasteiger partial charge < -0.3 is 14.2 Å². The molecule has 0 atom stereocenters. The molecule has 192 valence electrons. The lowest BCUT2D eigenvalue weighted by molar-refractivity contribution is -0.123. The van der Waals surface area contributed by atoms with Crippen LogP contribution in [-0.2, 0) is 11.4 Å². The first-order valence-electron chi connectivity index (χ1n) is 11.9. The summed E-state index contributed by atoms with van der Waals surface area (Å²) in [5, 5.41) is 1.74.